The van der Waals surface area contributed by atoms with E-state index in [1.807, 2.05) is 11.8 Å². The first-order valence-corrected chi connectivity index (χ1v) is 6.94. The summed E-state index contributed by atoms with van der Waals surface area (Å²) >= 11 is 7.70. The molecule has 0 aliphatic carbocycles. The van der Waals surface area contributed by atoms with E-state index in [-0.39, 0.29) is 5.82 Å². The van der Waals surface area contributed by atoms with Crippen LogP contribution in [0.15, 0.2) is 18.2 Å². The molecule has 0 radical (unpaired) electrons. The molecule has 16 heavy (non-hydrogen) atoms. The predicted molar refractivity (Wildman–Crippen MR) is 68.6 cm³/mol. The van der Waals surface area contributed by atoms with Gasteiger partial charge in [0.1, 0.15) is 5.82 Å². The molecule has 1 aromatic rings. The van der Waals surface area contributed by atoms with Crippen LogP contribution in [0.2, 0.25) is 5.02 Å². The summed E-state index contributed by atoms with van der Waals surface area (Å²) in [5.74, 6) is 1.04. The van der Waals surface area contributed by atoms with Crippen LogP contribution in [-0.2, 0) is 6.54 Å². The van der Waals surface area contributed by atoms with Gasteiger partial charge in [-0.15, -0.1) is 0 Å². The first-order chi connectivity index (χ1) is 7.75. The molecule has 1 saturated heterocycles. The van der Waals surface area contributed by atoms with E-state index >= 15 is 0 Å². The van der Waals surface area contributed by atoms with Crippen molar-refractivity contribution in [2.24, 2.45) is 0 Å². The van der Waals surface area contributed by atoms with E-state index in [0.717, 1.165) is 6.54 Å². The fourth-order valence-corrected chi connectivity index (χ4v) is 3.23. The number of hydrogen-bond acceptors (Lipinski definition) is 2. The minimum atomic E-state index is -0.223. The zero-order valence-corrected chi connectivity index (χ0v) is 10.6. The fraction of sp³-hybridized carbons (Fsp3) is 0.500. The summed E-state index contributed by atoms with van der Waals surface area (Å²) in [4.78, 5) is 0. The van der Waals surface area contributed by atoms with Gasteiger partial charge in [0.15, 0.2) is 0 Å². The van der Waals surface area contributed by atoms with Crippen LogP contribution in [-0.4, -0.2) is 17.5 Å². The van der Waals surface area contributed by atoms with E-state index in [1.54, 1.807) is 12.1 Å². The molecule has 0 saturated carbocycles. The number of thioether (sulfide) groups is 1. The van der Waals surface area contributed by atoms with Gasteiger partial charge in [-0.3, -0.25) is 0 Å². The highest BCUT2D eigenvalue weighted by Crippen LogP contribution is 2.25. The highest BCUT2D eigenvalue weighted by atomic mass is 35.5. The summed E-state index contributed by atoms with van der Waals surface area (Å²) in [7, 11) is 0. The van der Waals surface area contributed by atoms with Crippen LogP contribution in [0, 0.1) is 5.82 Å². The zero-order chi connectivity index (χ0) is 11.4. The standard InChI is InChI=1S/C12H15ClFNS/c13-10-4-3-9(12(14)6-10)7-15-8-11-2-1-5-16-11/h3-4,6,11,15H,1-2,5,7-8H2. The van der Waals surface area contributed by atoms with Crippen molar-refractivity contribution in [3.05, 3.63) is 34.6 Å². The molecule has 1 heterocycles. The topological polar surface area (TPSA) is 12.0 Å². The molecular weight excluding hydrogens is 245 g/mol. The van der Waals surface area contributed by atoms with Crippen LogP contribution in [0.1, 0.15) is 18.4 Å². The van der Waals surface area contributed by atoms with E-state index in [9.17, 15) is 4.39 Å². The highest BCUT2D eigenvalue weighted by Gasteiger charge is 2.14. The lowest BCUT2D eigenvalue weighted by Crippen LogP contribution is -2.23. The maximum atomic E-state index is 13.4. The largest absolute Gasteiger partial charge is 0.311 e. The van der Waals surface area contributed by atoms with Gasteiger partial charge in [0.25, 0.3) is 0 Å². The van der Waals surface area contributed by atoms with E-state index in [4.69, 9.17) is 11.6 Å². The second kappa shape index (κ2) is 5.89. The Kier molecular flexibility index (Phi) is 4.50. The quantitative estimate of drug-likeness (QED) is 0.889. The SMILES string of the molecule is Fc1cc(Cl)ccc1CNCC1CCCS1. The normalized spacial score (nSPS) is 20.2. The van der Waals surface area contributed by atoms with Gasteiger partial charge in [0.05, 0.1) is 0 Å². The number of hydrogen-bond donors (Lipinski definition) is 1. The minimum Gasteiger partial charge on any atom is -0.311 e. The zero-order valence-electron chi connectivity index (χ0n) is 9.01. The Labute approximate surface area is 105 Å². The molecule has 0 bridgehead atoms. The van der Waals surface area contributed by atoms with Gasteiger partial charge in [-0.05, 0) is 30.7 Å². The number of halogens is 2. The molecule has 0 aromatic heterocycles. The summed E-state index contributed by atoms with van der Waals surface area (Å²) in [5, 5.41) is 4.46. The number of benzene rings is 1. The summed E-state index contributed by atoms with van der Waals surface area (Å²) in [6.07, 6.45) is 2.59. The first kappa shape index (κ1) is 12.2. The van der Waals surface area contributed by atoms with Crippen LogP contribution in [0.4, 0.5) is 4.39 Å². The van der Waals surface area contributed by atoms with Gasteiger partial charge in [0.2, 0.25) is 0 Å². The van der Waals surface area contributed by atoms with Crippen molar-refractivity contribution in [3.8, 4) is 0 Å². The molecule has 0 spiro atoms. The first-order valence-electron chi connectivity index (χ1n) is 5.52. The lowest BCUT2D eigenvalue weighted by atomic mass is 10.2. The van der Waals surface area contributed by atoms with Gasteiger partial charge in [0, 0.05) is 28.9 Å². The molecule has 1 unspecified atom stereocenters. The summed E-state index contributed by atoms with van der Waals surface area (Å²) in [5.41, 5.74) is 0.687. The third-order valence-electron chi connectivity index (χ3n) is 2.73. The maximum Gasteiger partial charge on any atom is 0.129 e. The Morgan fingerprint density at radius 2 is 2.38 bits per heavy atom. The van der Waals surface area contributed by atoms with Crippen LogP contribution < -0.4 is 5.32 Å². The predicted octanol–water partition coefficient (Wildman–Crippen LogP) is 3.46. The van der Waals surface area contributed by atoms with Crippen LogP contribution in [0.5, 0.6) is 0 Å². The average Bonchev–Trinajstić information content (AvgIpc) is 2.74. The Bertz CT molecular complexity index is 353. The van der Waals surface area contributed by atoms with Crippen molar-refractivity contribution in [1.29, 1.82) is 0 Å². The monoisotopic (exact) mass is 259 g/mol. The Morgan fingerprint density at radius 1 is 1.50 bits per heavy atom. The van der Waals surface area contributed by atoms with Crippen LogP contribution >= 0.6 is 23.4 Å². The molecule has 1 N–H and O–H groups in total. The highest BCUT2D eigenvalue weighted by molar-refractivity contribution is 8.00. The molecule has 4 heteroatoms. The van der Waals surface area contributed by atoms with E-state index < -0.39 is 0 Å². The minimum absolute atomic E-state index is 0.223. The Hall–Kier alpha value is -0.250. The molecule has 0 amide bonds. The number of rotatable bonds is 4. The molecule has 1 fully saturated rings. The van der Waals surface area contributed by atoms with Crippen molar-refractivity contribution in [2.45, 2.75) is 24.6 Å². The summed E-state index contributed by atoms with van der Waals surface area (Å²) in [6.45, 7) is 1.55. The molecule has 2 rings (SSSR count). The molecular formula is C12H15ClFNS. The van der Waals surface area contributed by atoms with Gasteiger partial charge in [-0.2, -0.15) is 11.8 Å². The van der Waals surface area contributed by atoms with Gasteiger partial charge < -0.3 is 5.32 Å². The lowest BCUT2D eigenvalue weighted by molar-refractivity contribution is 0.582. The van der Waals surface area contributed by atoms with E-state index in [0.29, 0.717) is 22.4 Å². The molecule has 1 aliphatic heterocycles. The lowest BCUT2D eigenvalue weighted by Gasteiger charge is -2.10. The van der Waals surface area contributed by atoms with Crippen LogP contribution in [0.3, 0.4) is 0 Å². The third kappa shape index (κ3) is 3.37. The molecule has 1 nitrogen and oxygen atoms in total. The second-order valence-corrected chi connectivity index (χ2v) is 5.85. The van der Waals surface area contributed by atoms with Crippen molar-refractivity contribution in [2.75, 3.05) is 12.3 Å². The summed E-state index contributed by atoms with van der Waals surface area (Å²) in [6, 6.07) is 4.83. The Morgan fingerprint density at radius 3 is 3.06 bits per heavy atom. The third-order valence-corrected chi connectivity index (χ3v) is 4.36. The average molecular weight is 260 g/mol. The maximum absolute atomic E-state index is 13.4. The van der Waals surface area contributed by atoms with Crippen molar-refractivity contribution in [1.82, 2.24) is 5.32 Å². The summed E-state index contributed by atoms with van der Waals surface area (Å²) < 4.78 is 13.4. The van der Waals surface area contributed by atoms with Gasteiger partial charge in [-0.25, -0.2) is 4.39 Å². The second-order valence-electron chi connectivity index (χ2n) is 4.00. The smallest absolute Gasteiger partial charge is 0.129 e. The molecule has 1 aromatic carbocycles. The Balaban J connectivity index is 1.80. The molecule has 1 aliphatic rings. The van der Waals surface area contributed by atoms with Gasteiger partial charge in [-0.1, -0.05) is 17.7 Å². The number of nitrogens with one attached hydrogen (secondary N) is 1. The van der Waals surface area contributed by atoms with Crippen molar-refractivity contribution in [3.63, 3.8) is 0 Å². The van der Waals surface area contributed by atoms with Crippen molar-refractivity contribution < 1.29 is 4.39 Å². The van der Waals surface area contributed by atoms with E-state index in [2.05, 4.69) is 5.32 Å². The molecule has 88 valence electrons. The molecule has 1 atom stereocenters. The van der Waals surface area contributed by atoms with Crippen LogP contribution in [0.25, 0.3) is 0 Å². The van der Waals surface area contributed by atoms with Gasteiger partial charge >= 0.3 is 0 Å². The fourth-order valence-electron chi connectivity index (χ4n) is 1.84. The van der Waals surface area contributed by atoms with E-state index in [1.165, 1.54) is 24.7 Å². The van der Waals surface area contributed by atoms with Crippen molar-refractivity contribution >= 4 is 23.4 Å².